The minimum Gasteiger partial charge on any atom is -0.351 e. The second-order valence-electron chi connectivity index (χ2n) is 9.55. The Kier molecular flexibility index (Phi) is 8.04. The number of anilines is 1. The van der Waals surface area contributed by atoms with Crippen molar-refractivity contribution in [1.29, 1.82) is 0 Å². The molecule has 0 atom stereocenters. The first-order valence-electron chi connectivity index (χ1n) is 12.7. The largest absolute Gasteiger partial charge is 0.351 e. The van der Waals surface area contributed by atoms with Crippen LogP contribution in [0.4, 0.5) is 5.69 Å². The zero-order chi connectivity index (χ0) is 25.6. The number of thioether (sulfide) groups is 1. The molecule has 2 heterocycles. The van der Waals surface area contributed by atoms with E-state index < -0.39 is 0 Å². The molecule has 0 aliphatic carbocycles. The van der Waals surface area contributed by atoms with Crippen LogP contribution in [0.25, 0.3) is 6.08 Å². The molecule has 1 fully saturated rings. The first-order valence-corrected chi connectivity index (χ1v) is 13.5. The molecule has 2 aliphatic rings. The van der Waals surface area contributed by atoms with Gasteiger partial charge in [0.2, 0.25) is 0 Å². The molecule has 5 rings (SSSR count). The van der Waals surface area contributed by atoms with Crippen molar-refractivity contribution in [3.63, 3.8) is 0 Å². The lowest BCUT2D eigenvalue weighted by atomic mass is 10.1. The highest BCUT2D eigenvalue weighted by Crippen LogP contribution is 2.39. The summed E-state index contributed by atoms with van der Waals surface area (Å²) >= 11 is 1.43. The Hall–Kier alpha value is -3.39. The van der Waals surface area contributed by atoms with Gasteiger partial charge >= 0.3 is 0 Å². The Morgan fingerprint density at radius 2 is 1.70 bits per heavy atom. The van der Waals surface area contributed by atoms with E-state index in [0.29, 0.717) is 22.7 Å². The molecule has 0 saturated carbocycles. The molecule has 0 aromatic heterocycles. The molecule has 3 aromatic rings. The van der Waals surface area contributed by atoms with Gasteiger partial charge in [0.25, 0.3) is 11.8 Å². The maximum atomic E-state index is 12.8. The third-order valence-electron chi connectivity index (χ3n) is 6.74. The fourth-order valence-electron chi connectivity index (χ4n) is 4.56. The number of fused-ring (bicyclic) bond motifs is 1. The third-order valence-corrected chi connectivity index (χ3v) is 7.84. The van der Waals surface area contributed by atoms with E-state index in [4.69, 9.17) is 0 Å². The second kappa shape index (κ2) is 11.8. The Labute approximate surface area is 222 Å². The van der Waals surface area contributed by atoms with Crippen molar-refractivity contribution in [3.05, 3.63) is 100.0 Å². The van der Waals surface area contributed by atoms with Crippen molar-refractivity contribution in [3.8, 4) is 0 Å². The number of carbonyl (C=O) groups excluding carboxylic acids is 2. The van der Waals surface area contributed by atoms with Crippen molar-refractivity contribution in [2.45, 2.75) is 18.4 Å². The van der Waals surface area contributed by atoms with E-state index in [0.717, 1.165) is 49.7 Å². The smallest absolute Gasteiger partial charge is 0.262 e. The van der Waals surface area contributed by atoms with Crippen LogP contribution in [-0.2, 0) is 11.3 Å². The fraction of sp³-hybridized carbons (Fsp3) is 0.267. The molecular formula is C30H32N4O2S. The molecule has 2 aliphatic heterocycles. The number of nitrogens with one attached hydrogen (secondary N) is 2. The van der Waals surface area contributed by atoms with Gasteiger partial charge < -0.3 is 10.6 Å². The second-order valence-corrected chi connectivity index (χ2v) is 10.6. The van der Waals surface area contributed by atoms with Crippen molar-refractivity contribution in [2.75, 3.05) is 44.6 Å². The predicted octanol–water partition coefficient (Wildman–Crippen LogP) is 4.63. The summed E-state index contributed by atoms with van der Waals surface area (Å²) in [5.41, 5.74) is 4.75. The Bertz CT molecular complexity index is 1280. The summed E-state index contributed by atoms with van der Waals surface area (Å²) < 4.78 is 0. The first-order chi connectivity index (χ1) is 18.0. The molecule has 3 aromatic carbocycles. The Morgan fingerprint density at radius 3 is 2.46 bits per heavy atom. The summed E-state index contributed by atoms with van der Waals surface area (Å²) in [6.45, 7) is 8.52. The minimum atomic E-state index is -0.151. The zero-order valence-electron chi connectivity index (χ0n) is 21.1. The predicted molar refractivity (Wildman–Crippen MR) is 151 cm³/mol. The van der Waals surface area contributed by atoms with Crippen LogP contribution in [0.15, 0.2) is 82.6 Å². The van der Waals surface area contributed by atoms with Gasteiger partial charge in [-0.3, -0.25) is 19.4 Å². The molecule has 1 saturated heterocycles. The first kappa shape index (κ1) is 25.3. The maximum absolute atomic E-state index is 12.8. The lowest BCUT2D eigenvalue weighted by molar-refractivity contribution is -0.112. The topological polar surface area (TPSA) is 64.7 Å². The summed E-state index contributed by atoms with van der Waals surface area (Å²) in [6.07, 6.45) is 1.89. The number of nitrogens with zero attached hydrogens (tertiary/aromatic N) is 2. The van der Waals surface area contributed by atoms with E-state index >= 15 is 0 Å². The van der Waals surface area contributed by atoms with Crippen molar-refractivity contribution in [2.24, 2.45) is 0 Å². The van der Waals surface area contributed by atoms with Crippen LogP contribution in [0.2, 0.25) is 0 Å². The van der Waals surface area contributed by atoms with Crippen LogP contribution in [0, 0.1) is 6.92 Å². The average Bonchev–Trinajstić information content (AvgIpc) is 2.91. The van der Waals surface area contributed by atoms with Crippen LogP contribution in [0.1, 0.15) is 27.0 Å². The van der Waals surface area contributed by atoms with Crippen molar-refractivity contribution < 1.29 is 9.59 Å². The van der Waals surface area contributed by atoms with Crippen LogP contribution >= 0.6 is 11.8 Å². The van der Waals surface area contributed by atoms with E-state index in [1.54, 1.807) is 6.07 Å². The number of rotatable bonds is 7. The SMILES string of the molecule is Cc1ccc(C=C2Sc3ccc(C(=O)NCCN4CCN(Cc5ccccc5)CC4)cc3NC2=O)cc1. The van der Waals surface area contributed by atoms with E-state index in [1.165, 1.54) is 22.9 Å². The molecule has 0 radical (unpaired) electrons. The van der Waals surface area contributed by atoms with Gasteiger partial charge in [-0.1, -0.05) is 71.9 Å². The van der Waals surface area contributed by atoms with Gasteiger partial charge in [0.05, 0.1) is 10.6 Å². The number of benzene rings is 3. The summed E-state index contributed by atoms with van der Waals surface area (Å²) in [7, 11) is 0. The van der Waals surface area contributed by atoms with Crippen LogP contribution in [0.5, 0.6) is 0 Å². The highest BCUT2D eigenvalue weighted by atomic mass is 32.2. The molecule has 0 bridgehead atoms. The van der Waals surface area contributed by atoms with E-state index in [-0.39, 0.29) is 11.8 Å². The third kappa shape index (κ3) is 6.68. The molecule has 0 spiro atoms. The molecular weight excluding hydrogens is 480 g/mol. The Balaban J connectivity index is 1.10. The number of piperazine rings is 1. The standard InChI is InChI=1S/C30H32N4O2S/c1-22-7-9-23(10-8-22)19-28-30(36)32-26-20-25(11-12-27(26)37-28)29(35)31-13-14-33-15-17-34(18-16-33)21-24-5-3-2-4-6-24/h2-12,19-20H,13-18,21H2,1H3,(H,31,35)(H,32,36). The molecule has 6 nitrogen and oxygen atoms in total. The average molecular weight is 513 g/mol. The molecule has 190 valence electrons. The summed E-state index contributed by atoms with van der Waals surface area (Å²) in [5, 5.41) is 5.98. The quantitative estimate of drug-likeness (QED) is 0.452. The van der Waals surface area contributed by atoms with Gasteiger partial charge in [0.1, 0.15) is 0 Å². The van der Waals surface area contributed by atoms with Gasteiger partial charge in [-0.15, -0.1) is 0 Å². The van der Waals surface area contributed by atoms with Crippen molar-refractivity contribution in [1.82, 2.24) is 15.1 Å². The summed E-state index contributed by atoms with van der Waals surface area (Å²) in [5.74, 6) is -0.271. The van der Waals surface area contributed by atoms with Crippen LogP contribution in [0.3, 0.4) is 0 Å². The molecule has 0 unspecified atom stereocenters. The van der Waals surface area contributed by atoms with Gasteiger partial charge in [0.15, 0.2) is 0 Å². The normalized spacial score (nSPS) is 17.3. The molecule has 2 amide bonds. The number of carbonyl (C=O) groups is 2. The van der Waals surface area contributed by atoms with E-state index in [1.807, 2.05) is 49.4 Å². The molecule has 2 N–H and O–H groups in total. The fourth-order valence-corrected chi connectivity index (χ4v) is 5.49. The van der Waals surface area contributed by atoms with Gasteiger partial charge in [-0.2, -0.15) is 0 Å². The number of hydrogen-bond donors (Lipinski definition) is 2. The molecule has 7 heteroatoms. The van der Waals surface area contributed by atoms with Gasteiger partial charge in [-0.25, -0.2) is 0 Å². The van der Waals surface area contributed by atoms with E-state index in [2.05, 4.69) is 50.8 Å². The van der Waals surface area contributed by atoms with E-state index in [9.17, 15) is 9.59 Å². The van der Waals surface area contributed by atoms with Gasteiger partial charge in [0, 0.05) is 56.3 Å². The Morgan fingerprint density at radius 1 is 0.973 bits per heavy atom. The highest BCUT2D eigenvalue weighted by Gasteiger charge is 2.22. The summed E-state index contributed by atoms with van der Waals surface area (Å²) in [6, 6.07) is 24.1. The number of hydrogen-bond acceptors (Lipinski definition) is 5. The monoisotopic (exact) mass is 512 g/mol. The minimum absolute atomic E-state index is 0.120. The molecule has 37 heavy (non-hydrogen) atoms. The number of amides is 2. The summed E-state index contributed by atoms with van der Waals surface area (Å²) in [4.78, 5) is 31.9. The van der Waals surface area contributed by atoms with Crippen LogP contribution in [-0.4, -0.2) is 60.9 Å². The highest BCUT2D eigenvalue weighted by molar-refractivity contribution is 8.04. The van der Waals surface area contributed by atoms with Crippen molar-refractivity contribution >= 4 is 35.3 Å². The number of aryl methyl sites for hydroxylation is 1. The maximum Gasteiger partial charge on any atom is 0.262 e. The van der Waals surface area contributed by atoms with Gasteiger partial charge in [-0.05, 0) is 42.3 Å². The van der Waals surface area contributed by atoms with Crippen LogP contribution < -0.4 is 10.6 Å². The zero-order valence-corrected chi connectivity index (χ0v) is 21.9. The lowest BCUT2D eigenvalue weighted by Crippen LogP contribution is -2.48. The lowest BCUT2D eigenvalue weighted by Gasteiger charge is -2.34.